The summed E-state index contributed by atoms with van der Waals surface area (Å²) in [5.74, 6) is 1.44. The average Bonchev–Trinajstić information content (AvgIpc) is 2.39. The third-order valence-corrected chi connectivity index (χ3v) is 2.30. The van der Waals surface area contributed by atoms with Crippen LogP contribution in [0.15, 0.2) is 18.2 Å². The number of aliphatic hydroxyl groups excluding tert-OH is 2. The number of hydrogen-bond donors (Lipinski definition) is 3. The fourth-order valence-electron chi connectivity index (χ4n) is 1.48. The Morgan fingerprint density at radius 1 is 1.22 bits per heavy atom. The van der Waals surface area contributed by atoms with Crippen LogP contribution in [0.1, 0.15) is 13.8 Å². The van der Waals surface area contributed by atoms with E-state index in [-0.39, 0.29) is 13.2 Å². The second-order valence-electron chi connectivity index (χ2n) is 3.74. The quantitative estimate of drug-likeness (QED) is 0.652. The predicted octanol–water partition coefficient (Wildman–Crippen LogP) is 1.25. The topological polar surface area (TPSA) is 71.0 Å². The van der Waals surface area contributed by atoms with Crippen LogP contribution in [-0.2, 0) is 0 Å². The zero-order chi connectivity index (χ0) is 13.4. The molecule has 0 aliphatic heterocycles. The van der Waals surface area contributed by atoms with Crippen molar-refractivity contribution in [2.45, 2.75) is 20.0 Å². The number of nitrogens with one attached hydrogen (secondary N) is 1. The Morgan fingerprint density at radius 3 is 2.56 bits per heavy atom. The van der Waals surface area contributed by atoms with Crippen LogP contribution in [-0.4, -0.2) is 42.7 Å². The van der Waals surface area contributed by atoms with E-state index < -0.39 is 6.10 Å². The van der Waals surface area contributed by atoms with Gasteiger partial charge in [0.15, 0.2) is 0 Å². The fourth-order valence-corrected chi connectivity index (χ4v) is 1.48. The Balaban J connectivity index is 2.78. The lowest BCUT2D eigenvalue weighted by Crippen LogP contribution is -2.23. The zero-order valence-corrected chi connectivity index (χ0v) is 10.8. The molecule has 1 aromatic carbocycles. The molecule has 0 bridgehead atoms. The van der Waals surface area contributed by atoms with Crippen molar-refractivity contribution in [1.82, 2.24) is 0 Å². The van der Waals surface area contributed by atoms with Gasteiger partial charge in [0.25, 0.3) is 0 Å². The summed E-state index contributed by atoms with van der Waals surface area (Å²) in [6.45, 7) is 4.95. The molecule has 1 rings (SSSR count). The van der Waals surface area contributed by atoms with E-state index >= 15 is 0 Å². The molecule has 0 aliphatic carbocycles. The molecule has 0 fully saturated rings. The minimum absolute atomic E-state index is 0.256. The molecule has 0 aliphatic rings. The summed E-state index contributed by atoms with van der Waals surface area (Å²) in [5.41, 5.74) is 0.746. The van der Waals surface area contributed by atoms with Gasteiger partial charge >= 0.3 is 0 Å². The minimum atomic E-state index is -0.796. The maximum atomic E-state index is 9.33. The lowest BCUT2D eigenvalue weighted by atomic mass is 10.2. The molecule has 0 amide bonds. The van der Waals surface area contributed by atoms with Gasteiger partial charge in [-0.3, -0.25) is 0 Å². The number of anilines is 1. The summed E-state index contributed by atoms with van der Waals surface area (Å²) in [5, 5.41) is 21.1. The van der Waals surface area contributed by atoms with Gasteiger partial charge in [-0.1, -0.05) is 0 Å². The van der Waals surface area contributed by atoms with Crippen LogP contribution in [0, 0.1) is 0 Å². The van der Waals surface area contributed by atoms with Crippen LogP contribution in [0.5, 0.6) is 11.5 Å². The van der Waals surface area contributed by atoms with Crippen molar-refractivity contribution in [3.8, 4) is 11.5 Å². The number of rotatable bonds is 8. The first-order chi connectivity index (χ1) is 8.71. The first-order valence-electron chi connectivity index (χ1n) is 6.13. The van der Waals surface area contributed by atoms with Gasteiger partial charge in [0.2, 0.25) is 0 Å². The standard InChI is InChI=1S/C13H21NO4/c1-3-17-11-5-6-13(18-4-2)12(7-11)14-8-10(16)9-15/h5-7,10,14-16H,3-4,8-9H2,1-2H3. The molecule has 5 heteroatoms. The molecule has 0 aromatic heterocycles. The molecule has 0 saturated heterocycles. The Bertz CT molecular complexity index is 357. The molecule has 1 aromatic rings. The SMILES string of the molecule is CCOc1ccc(OCC)c(NCC(O)CO)c1. The van der Waals surface area contributed by atoms with E-state index in [1.807, 2.05) is 32.0 Å². The van der Waals surface area contributed by atoms with Gasteiger partial charge in [-0.05, 0) is 26.0 Å². The molecule has 0 radical (unpaired) electrons. The number of aliphatic hydroxyl groups is 2. The van der Waals surface area contributed by atoms with Crippen molar-refractivity contribution in [2.75, 3.05) is 31.7 Å². The van der Waals surface area contributed by atoms with Gasteiger partial charge in [0.1, 0.15) is 11.5 Å². The lowest BCUT2D eigenvalue weighted by molar-refractivity contribution is 0.105. The van der Waals surface area contributed by atoms with Crippen LogP contribution in [0.25, 0.3) is 0 Å². The first-order valence-corrected chi connectivity index (χ1v) is 6.13. The maximum absolute atomic E-state index is 9.33. The van der Waals surface area contributed by atoms with Crippen molar-refractivity contribution in [3.63, 3.8) is 0 Å². The maximum Gasteiger partial charge on any atom is 0.142 e. The molecule has 0 saturated carbocycles. The van der Waals surface area contributed by atoms with Crippen molar-refractivity contribution in [1.29, 1.82) is 0 Å². The minimum Gasteiger partial charge on any atom is -0.494 e. The molecule has 102 valence electrons. The van der Waals surface area contributed by atoms with E-state index in [4.69, 9.17) is 14.6 Å². The van der Waals surface area contributed by atoms with Gasteiger partial charge < -0.3 is 25.0 Å². The smallest absolute Gasteiger partial charge is 0.142 e. The summed E-state index contributed by atoms with van der Waals surface area (Å²) < 4.78 is 10.9. The first kappa shape index (κ1) is 14.6. The highest BCUT2D eigenvalue weighted by molar-refractivity contribution is 5.59. The van der Waals surface area contributed by atoms with E-state index in [9.17, 15) is 5.11 Å². The van der Waals surface area contributed by atoms with E-state index in [1.165, 1.54) is 0 Å². The monoisotopic (exact) mass is 255 g/mol. The van der Waals surface area contributed by atoms with Gasteiger partial charge in [-0.15, -0.1) is 0 Å². The highest BCUT2D eigenvalue weighted by atomic mass is 16.5. The third kappa shape index (κ3) is 4.43. The van der Waals surface area contributed by atoms with Crippen molar-refractivity contribution in [2.24, 2.45) is 0 Å². The zero-order valence-electron chi connectivity index (χ0n) is 10.8. The summed E-state index contributed by atoms with van der Waals surface area (Å²) >= 11 is 0. The summed E-state index contributed by atoms with van der Waals surface area (Å²) in [4.78, 5) is 0. The van der Waals surface area contributed by atoms with Crippen LogP contribution < -0.4 is 14.8 Å². The van der Waals surface area contributed by atoms with Crippen LogP contribution in [0.3, 0.4) is 0 Å². The highest BCUT2D eigenvalue weighted by Crippen LogP contribution is 2.29. The van der Waals surface area contributed by atoms with Crippen LogP contribution in [0.4, 0.5) is 5.69 Å². The number of benzene rings is 1. The Kier molecular flexibility index (Phi) is 6.32. The highest BCUT2D eigenvalue weighted by Gasteiger charge is 2.08. The van der Waals surface area contributed by atoms with Crippen LogP contribution in [0.2, 0.25) is 0 Å². The van der Waals surface area contributed by atoms with E-state index in [1.54, 1.807) is 0 Å². The van der Waals surface area contributed by atoms with Crippen molar-refractivity contribution < 1.29 is 19.7 Å². The molecular weight excluding hydrogens is 234 g/mol. The largest absolute Gasteiger partial charge is 0.494 e. The molecule has 1 atom stereocenters. The Labute approximate surface area is 107 Å². The van der Waals surface area contributed by atoms with Crippen molar-refractivity contribution in [3.05, 3.63) is 18.2 Å². The van der Waals surface area contributed by atoms with Crippen LogP contribution >= 0.6 is 0 Å². The molecule has 0 spiro atoms. The second-order valence-corrected chi connectivity index (χ2v) is 3.74. The summed E-state index contributed by atoms with van der Waals surface area (Å²) in [6.07, 6.45) is -0.796. The van der Waals surface area contributed by atoms with E-state index in [2.05, 4.69) is 5.32 Å². The number of hydrogen-bond acceptors (Lipinski definition) is 5. The predicted molar refractivity (Wildman–Crippen MR) is 70.4 cm³/mol. The average molecular weight is 255 g/mol. The van der Waals surface area contributed by atoms with Gasteiger partial charge in [-0.2, -0.15) is 0 Å². The normalized spacial score (nSPS) is 12.0. The lowest BCUT2D eigenvalue weighted by Gasteiger charge is -2.15. The molecule has 0 heterocycles. The van der Waals surface area contributed by atoms with E-state index in [0.29, 0.717) is 19.0 Å². The van der Waals surface area contributed by atoms with Crippen molar-refractivity contribution >= 4 is 5.69 Å². The molecular formula is C13H21NO4. The Morgan fingerprint density at radius 2 is 1.94 bits per heavy atom. The van der Waals surface area contributed by atoms with Gasteiger partial charge in [-0.25, -0.2) is 0 Å². The van der Waals surface area contributed by atoms with Gasteiger partial charge in [0.05, 0.1) is 31.6 Å². The molecule has 1 unspecified atom stereocenters. The van der Waals surface area contributed by atoms with E-state index in [0.717, 1.165) is 11.4 Å². The fraction of sp³-hybridized carbons (Fsp3) is 0.538. The molecule has 5 nitrogen and oxygen atoms in total. The summed E-state index contributed by atoms with van der Waals surface area (Å²) in [6, 6.07) is 5.48. The third-order valence-electron chi connectivity index (χ3n) is 2.30. The molecule has 18 heavy (non-hydrogen) atoms. The second kappa shape index (κ2) is 7.79. The van der Waals surface area contributed by atoms with Gasteiger partial charge in [0, 0.05) is 12.6 Å². The number of ether oxygens (including phenoxy) is 2. The Hall–Kier alpha value is -1.46. The summed E-state index contributed by atoms with van der Waals surface area (Å²) in [7, 11) is 0. The molecule has 3 N–H and O–H groups in total.